The van der Waals surface area contributed by atoms with Crippen LogP contribution in [-0.2, 0) is 14.8 Å². The van der Waals surface area contributed by atoms with Gasteiger partial charge in [0, 0.05) is 34.8 Å². The lowest BCUT2D eigenvalue weighted by atomic mass is 10.1. The van der Waals surface area contributed by atoms with Crippen molar-refractivity contribution in [2.75, 3.05) is 0 Å². The number of hydrogen-bond donors (Lipinski definition) is 2. The number of benzene rings is 2. The zero-order chi connectivity index (χ0) is 31.3. The van der Waals surface area contributed by atoms with Gasteiger partial charge < -0.3 is 9.30 Å². The van der Waals surface area contributed by atoms with E-state index in [9.17, 15) is 23.3 Å². The fourth-order valence-electron chi connectivity index (χ4n) is 4.32. The molecule has 224 valence electrons. The zero-order valence-corrected chi connectivity index (χ0v) is 25.1. The Balaban J connectivity index is 1.43. The molecule has 0 spiro atoms. The maximum absolute atomic E-state index is 12.9. The maximum atomic E-state index is 12.9. The van der Waals surface area contributed by atoms with Gasteiger partial charge in [0.1, 0.15) is 18.0 Å². The Hall–Kier alpha value is -4.88. The minimum Gasteiger partial charge on any atom is -0.439 e. The summed E-state index contributed by atoms with van der Waals surface area (Å²) in [6, 6.07) is 17.3. The molecule has 43 heavy (non-hydrogen) atoms. The van der Waals surface area contributed by atoms with Crippen LogP contribution in [0, 0.1) is 36.8 Å². The molecule has 12 nitrogen and oxygen atoms in total. The molecule has 0 bridgehead atoms. The van der Waals surface area contributed by atoms with Gasteiger partial charge in [0.05, 0.1) is 16.0 Å². The molecule has 1 amide bonds. The van der Waals surface area contributed by atoms with E-state index in [0.717, 1.165) is 34.4 Å². The van der Waals surface area contributed by atoms with Crippen molar-refractivity contribution in [3.05, 3.63) is 106 Å². The van der Waals surface area contributed by atoms with Crippen LogP contribution >= 0.6 is 0 Å². The highest BCUT2D eigenvalue weighted by Crippen LogP contribution is 2.25. The van der Waals surface area contributed by atoms with Crippen LogP contribution in [0.4, 0.5) is 5.69 Å². The quantitative estimate of drug-likeness (QED) is 0.139. The summed E-state index contributed by atoms with van der Waals surface area (Å²) in [6.45, 7) is 9.20. The molecule has 0 radical (unpaired) electrons. The van der Waals surface area contributed by atoms with Crippen LogP contribution in [0.1, 0.15) is 36.4 Å². The number of nitrogens with zero attached hydrogens (tertiary/aromatic N) is 4. The summed E-state index contributed by atoms with van der Waals surface area (Å²) in [5, 5.41) is 14.9. The van der Waals surface area contributed by atoms with E-state index in [4.69, 9.17) is 4.74 Å². The lowest BCUT2D eigenvalue weighted by molar-refractivity contribution is -0.385. The predicted octanol–water partition coefficient (Wildman–Crippen LogP) is 4.95. The summed E-state index contributed by atoms with van der Waals surface area (Å²) in [6.07, 6.45) is 2.65. The Bertz CT molecular complexity index is 1750. The number of rotatable bonds is 11. The molecule has 0 aliphatic rings. The van der Waals surface area contributed by atoms with Crippen LogP contribution in [0.15, 0.2) is 82.9 Å². The summed E-state index contributed by atoms with van der Waals surface area (Å²) in [5.74, 6) is -0.165. The molecular weight excluding hydrogens is 572 g/mol. The van der Waals surface area contributed by atoms with E-state index in [1.165, 1.54) is 30.5 Å². The van der Waals surface area contributed by atoms with E-state index in [1.54, 1.807) is 38.1 Å². The van der Waals surface area contributed by atoms with Crippen LogP contribution in [-0.4, -0.2) is 41.1 Å². The molecule has 2 N–H and O–H groups in total. The number of aryl methyl sites for hydroxylation is 2. The lowest BCUT2D eigenvalue weighted by Gasteiger charge is -2.20. The van der Waals surface area contributed by atoms with Crippen molar-refractivity contribution < 1.29 is 22.9 Å². The van der Waals surface area contributed by atoms with E-state index in [0.29, 0.717) is 5.75 Å². The molecule has 0 unspecified atom stereocenters. The number of carbonyl (C=O) groups is 1. The molecule has 2 heterocycles. The molecule has 4 rings (SSSR count). The molecular formula is C30H32N6O6S. The Morgan fingerprint density at radius 3 is 2.30 bits per heavy atom. The monoisotopic (exact) mass is 604 g/mol. The highest BCUT2D eigenvalue weighted by atomic mass is 32.2. The second-order valence-corrected chi connectivity index (χ2v) is 12.0. The van der Waals surface area contributed by atoms with E-state index >= 15 is 0 Å². The number of ether oxygens (including phenoxy) is 1. The van der Waals surface area contributed by atoms with Gasteiger partial charge in [-0.05, 0) is 69.2 Å². The highest BCUT2D eigenvalue weighted by molar-refractivity contribution is 7.89. The molecule has 2 aromatic heterocycles. The standard InChI is InChI=1S/C30H32N6O6S/c1-19(2)29(34-43(40,41)27-13-6-20(3)7-14-27)30(37)33-32-17-23-16-21(4)35(22(23)5)24-8-11-26(12-9-24)42-28-15-10-25(18-31-28)36(38)39/h6-19,29,34H,1-5H3,(H,33,37)/b32-17-/t29-/m0/s1. The minimum absolute atomic E-state index is 0.0788. The lowest BCUT2D eigenvalue weighted by Crippen LogP contribution is -2.48. The van der Waals surface area contributed by atoms with Crippen molar-refractivity contribution in [3.8, 4) is 17.3 Å². The van der Waals surface area contributed by atoms with Crippen LogP contribution < -0.4 is 14.9 Å². The number of nitrogens with one attached hydrogen (secondary N) is 2. The molecule has 0 saturated heterocycles. The predicted molar refractivity (Wildman–Crippen MR) is 162 cm³/mol. The van der Waals surface area contributed by atoms with Crippen molar-refractivity contribution in [3.63, 3.8) is 0 Å². The van der Waals surface area contributed by atoms with Crippen molar-refractivity contribution in [2.24, 2.45) is 11.0 Å². The first kappa shape index (κ1) is 31.1. The minimum atomic E-state index is -3.91. The molecule has 2 aromatic carbocycles. The maximum Gasteiger partial charge on any atom is 0.287 e. The van der Waals surface area contributed by atoms with Gasteiger partial charge in [0.25, 0.3) is 11.6 Å². The van der Waals surface area contributed by atoms with Crippen LogP contribution in [0.2, 0.25) is 0 Å². The molecule has 13 heteroatoms. The normalized spacial score (nSPS) is 12.4. The first-order chi connectivity index (χ1) is 20.4. The topological polar surface area (TPSA) is 158 Å². The van der Waals surface area contributed by atoms with Gasteiger partial charge in [0.15, 0.2) is 0 Å². The fourth-order valence-corrected chi connectivity index (χ4v) is 5.66. The van der Waals surface area contributed by atoms with E-state index in [1.807, 2.05) is 43.5 Å². The van der Waals surface area contributed by atoms with Crippen molar-refractivity contribution in [1.82, 2.24) is 19.7 Å². The second kappa shape index (κ2) is 13.0. The number of carbonyl (C=O) groups excluding carboxylic acids is 1. The number of amides is 1. The number of hydrogen-bond acceptors (Lipinski definition) is 8. The first-order valence-electron chi connectivity index (χ1n) is 13.4. The molecule has 0 aliphatic carbocycles. The summed E-state index contributed by atoms with van der Waals surface area (Å²) in [4.78, 5) is 27.2. The fraction of sp³-hybridized carbons (Fsp3) is 0.233. The van der Waals surface area contributed by atoms with E-state index in [-0.39, 0.29) is 22.4 Å². The first-order valence-corrected chi connectivity index (χ1v) is 14.8. The van der Waals surface area contributed by atoms with Gasteiger partial charge in [-0.1, -0.05) is 31.5 Å². The SMILES string of the molecule is Cc1ccc(S(=O)(=O)N[C@H](C(=O)N/N=C\c2cc(C)n(-c3ccc(Oc4ccc([N+](=O)[O-])cn4)cc3)c2C)C(C)C)cc1. The van der Waals surface area contributed by atoms with Crippen LogP contribution in [0.3, 0.4) is 0 Å². The Morgan fingerprint density at radius 1 is 1.05 bits per heavy atom. The van der Waals surface area contributed by atoms with Gasteiger partial charge in [-0.3, -0.25) is 14.9 Å². The summed E-state index contributed by atoms with van der Waals surface area (Å²) in [7, 11) is -3.91. The molecule has 0 fully saturated rings. The zero-order valence-electron chi connectivity index (χ0n) is 24.3. The van der Waals surface area contributed by atoms with Crippen LogP contribution in [0.5, 0.6) is 11.6 Å². The molecule has 0 saturated carbocycles. The number of hydrazone groups is 1. The van der Waals surface area contributed by atoms with Crippen LogP contribution in [0.25, 0.3) is 5.69 Å². The largest absolute Gasteiger partial charge is 0.439 e. The number of pyridine rings is 1. The van der Waals surface area contributed by atoms with Crippen molar-refractivity contribution in [2.45, 2.75) is 45.6 Å². The van der Waals surface area contributed by atoms with E-state index < -0.39 is 26.9 Å². The third-order valence-corrected chi connectivity index (χ3v) is 8.12. The summed E-state index contributed by atoms with van der Waals surface area (Å²) < 4.78 is 35.9. The smallest absolute Gasteiger partial charge is 0.287 e. The number of nitro groups is 1. The van der Waals surface area contributed by atoms with Gasteiger partial charge in [-0.15, -0.1) is 0 Å². The van der Waals surface area contributed by atoms with Crippen molar-refractivity contribution in [1.29, 1.82) is 0 Å². The third kappa shape index (κ3) is 7.50. The van der Waals surface area contributed by atoms with Crippen molar-refractivity contribution >= 4 is 27.8 Å². The second-order valence-electron chi connectivity index (χ2n) is 10.3. The summed E-state index contributed by atoms with van der Waals surface area (Å²) in [5.41, 5.74) is 6.66. The molecule has 1 atom stereocenters. The number of sulfonamides is 1. The molecule has 4 aromatic rings. The highest BCUT2D eigenvalue weighted by Gasteiger charge is 2.28. The van der Waals surface area contributed by atoms with Gasteiger partial charge in [0.2, 0.25) is 15.9 Å². The Morgan fingerprint density at radius 2 is 1.72 bits per heavy atom. The van der Waals surface area contributed by atoms with Gasteiger partial charge in [-0.25, -0.2) is 18.8 Å². The summed E-state index contributed by atoms with van der Waals surface area (Å²) >= 11 is 0. The average Bonchev–Trinajstić information content (AvgIpc) is 3.24. The third-order valence-electron chi connectivity index (χ3n) is 6.66. The Labute approximate surface area is 249 Å². The molecule has 0 aliphatic heterocycles. The van der Waals surface area contributed by atoms with E-state index in [2.05, 4.69) is 20.2 Å². The van der Waals surface area contributed by atoms with Gasteiger partial charge in [-0.2, -0.15) is 9.82 Å². The van der Waals surface area contributed by atoms with Gasteiger partial charge >= 0.3 is 0 Å². The average molecular weight is 605 g/mol. The number of aromatic nitrogens is 2. The Kier molecular flexibility index (Phi) is 9.37.